The summed E-state index contributed by atoms with van der Waals surface area (Å²) in [5.74, 6) is -3.34. The number of ether oxygens (including phenoxy) is 1. The quantitative estimate of drug-likeness (QED) is 0.574. The van der Waals surface area contributed by atoms with E-state index in [9.17, 15) is 26.7 Å². The number of halogens is 5. The highest BCUT2D eigenvalue weighted by molar-refractivity contribution is 6.05. The van der Waals surface area contributed by atoms with Crippen molar-refractivity contribution in [2.24, 2.45) is 0 Å². The van der Waals surface area contributed by atoms with Crippen LogP contribution in [0.5, 0.6) is 5.88 Å². The van der Waals surface area contributed by atoms with Gasteiger partial charge in [0.2, 0.25) is 5.88 Å². The van der Waals surface area contributed by atoms with Crippen LogP contribution in [-0.2, 0) is 6.18 Å². The maximum absolute atomic E-state index is 14.5. The molecule has 0 spiro atoms. The van der Waals surface area contributed by atoms with Crippen molar-refractivity contribution in [1.82, 2.24) is 20.0 Å². The molecule has 4 rings (SSSR count). The molecule has 174 valence electrons. The maximum atomic E-state index is 14.5. The average molecular weight is 468 g/mol. The molecule has 1 aliphatic heterocycles. The van der Waals surface area contributed by atoms with Crippen LogP contribution >= 0.6 is 0 Å². The van der Waals surface area contributed by atoms with Gasteiger partial charge >= 0.3 is 6.18 Å². The molecule has 0 unspecified atom stereocenters. The predicted molar refractivity (Wildman–Crippen MR) is 106 cm³/mol. The second-order valence-electron chi connectivity index (χ2n) is 7.19. The number of aromatic nitrogens is 4. The SMILES string of the molecule is COc1ccc(-n2ncc(C(=O)Nc3cc(F)c(N4CCCC4)c(F)c3)c2C(F)(F)F)nn1. The van der Waals surface area contributed by atoms with Gasteiger partial charge in [-0.3, -0.25) is 4.79 Å². The number of nitrogens with one attached hydrogen (secondary N) is 1. The van der Waals surface area contributed by atoms with E-state index in [-0.39, 0.29) is 23.1 Å². The zero-order chi connectivity index (χ0) is 23.8. The summed E-state index contributed by atoms with van der Waals surface area (Å²) in [6.45, 7) is 0.976. The molecule has 1 N–H and O–H groups in total. The minimum Gasteiger partial charge on any atom is -0.480 e. The summed E-state index contributed by atoms with van der Waals surface area (Å²) in [5.41, 5.74) is -2.84. The first-order valence-corrected chi connectivity index (χ1v) is 9.77. The summed E-state index contributed by atoms with van der Waals surface area (Å²) in [6.07, 6.45) is -2.73. The van der Waals surface area contributed by atoms with Crippen LogP contribution in [0.25, 0.3) is 5.82 Å². The van der Waals surface area contributed by atoms with Crippen molar-refractivity contribution < 1.29 is 31.5 Å². The third-order valence-electron chi connectivity index (χ3n) is 5.03. The molecule has 33 heavy (non-hydrogen) atoms. The third kappa shape index (κ3) is 4.43. The molecule has 13 heteroatoms. The number of rotatable bonds is 5. The van der Waals surface area contributed by atoms with E-state index < -0.39 is 35.0 Å². The summed E-state index contributed by atoms with van der Waals surface area (Å²) in [6, 6.07) is 4.18. The molecule has 1 saturated heterocycles. The van der Waals surface area contributed by atoms with E-state index in [4.69, 9.17) is 4.74 Å². The number of alkyl halides is 3. The molecule has 3 aromatic rings. The van der Waals surface area contributed by atoms with E-state index in [2.05, 4.69) is 20.6 Å². The van der Waals surface area contributed by atoms with Gasteiger partial charge in [-0.05, 0) is 31.0 Å². The largest absolute Gasteiger partial charge is 0.480 e. The van der Waals surface area contributed by atoms with Gasteiger partial charge in [-0.25, -0.2) is 13.5 Å². The fourth-order valence-corrected chi connectivity index (χ4v) is 3.57. The van der Waals surface area contributed by atoms with Crippen molar-refractivity contribution in [3.63, 3.8) is 0 Å². The molecule has 8 nitrogen and oxygen atoms in total. The Morgan fingerprint density at radius 1 is 1.09 bits per heavy atom. The number of benzene rings is 1. The topological polar surface area (TPSA) is 85.2 Å². The Morgan fingerprint density at radius 2 is 1.76 bits per heavy atom. The normalized spacial score (nSPS) is 13.9. The van der Waals surface area contributed by atoms with Crippen LogP contribution in [0.1, 0.15) is 28.9 Å². The van der Waals surface area contributed by atoms with Gasteiger partial charge in [-0.1, -0.05) is 0 Å². The molecule has 0 bridgehead atoms. The number of amides is 1. The summed E-state index contributed by atoms with van der Waals surface area (Å²) >= 11 is 0. The lowest BCUT2D eigenvalue weighted by Crippen LogP contribution is -2.22. The van der Waals surface area contributed by atoms with E-state index in [0.717, 1.165) is 25.0 Å². The van der Waals surface area contributed by atoms with Gasteiger partial charge in [-0.15, -0.1) is 10.2 Å². The second-order valence-corrected chi connectivity index (χ2v) is 7.19. The van der Waals surface area contributed by atoms with E-state index in [0.29, 0.717) is 24.0 Å². The molecular formula is C20H17F5N6O2. The lowest BCUT2D eigenvalue weighted by atomic mass is 10.2. The Hall–Kier alpha value is -3.77. The lowest BCUT2D eigenvalue weighted by Gasteiger charge is -2.20. The number of nitrogens with zero attached hydrogens (tertiary/aromatic N) is 5. The van der Waals surface area contributed by atoms with Gasteiger partial charge in [0.25, 0.3) is 5.91 Å². The minimum atomic E-state index is -5.00. The van der Waals surface area contributed by atoms with Gasteiger partial charge in [0.05, 0.1) is 18.9 Å². The van der Waals surface area contributed by atoms with Crippen molar-refractivity contribution in [3.8, 4) is 11.7 Å². The van der Waals surface area contributed by atoms with E-state index in [1.165, 1.54) is 24.1 Å². The number of anilines is 2. The molecule has 0 aliphatic carbocycles. The van der Waals surface area contributed by atoms with Crippen LogP contribution in [0.15, 0.2) is 30.5 Å². The smallest absolute Gasteiger partial charge is 0.434 e. The zero-order valence-electron chi connectivity index (χ0n) is 17.2. The average Bonchev–Trinajstić information content (AvgIpc) is 3.43. The molecule has 3 heterocycles. The van der Waals surface area contributed by atoms with Crippen molar-refractivity contribution in [1.29, 1.82) is 0 Å². The first-order chi connectivity index (χ1) is 15.7. The Kier molecular flexibility index (Phi) is 5.87. The number of carbonyl (C=O) groups excluding carboxylic acids is 1. The van der Waals surface area contributed by atoms with Gasteiger partial charge < -0.3 is 15.0 Å². The molecule has 1 amide bonds. The molecule has 0 saturated carbocycles. The monoisotopic (exact) mass is 468 g/mol. The summed E-state index contributed by atoms with van der Waals surface area (Å²) in [7, 11) is 1.31. The highest BCUT2D eigenvalue weighted by atomic mass is 19.4. The van der Waals surface area contributed by atoms with Crippen LogP contribution in [0, 0.1) is 11.6 Å². The number of hydrogen-bond donors (Lipinski definition) is 1. The van der Waals surface area contributed by atoms with Crippen LogP contribution in [0.4, 0.5) is 33.3 Å². The van der Waals surface area contributed by atoms with Gasteiger partial charge in [0, 0.05) is 24.8 Å². The Bertz CT molecular complexity index is 1150. The fraction of sp³-hybridized carbons (Fsp3) is 0.300. The van der Waals surface area contributed by atoms with Crippen molar-refractivity contribution >= 4 is 17.3 Å². The standard InChI is InChI=1S/C20H17F5N6O2/c1-33-16-5-4-15(28-29-16)31-18(20(23,24)25)12(10-26-31)19(32)27-11-8-13(21)17(14(22)9-11)30-6-2-3-7-30/h4-5,8-10H,2-3,6-7H2,1H3,(H,27,32). The summed E-state index contributed by atoms with van der Waals surface area (Å²) in [4.78, 5) is 14.2. The van der Waals surface area contributed by atoms with E-state index in [1.807, 2.05) is 0 Å². The highest BCUT2D eigenvalue weighted by Crippen LogP contribution is 2.34. The minimum absolute atomic E-state index is 0.0684. The highest BCUT2D eigenvalue weighted by Gasteiger charge is 2.41. The molecule has 0 atom stereocenters. The Balaban J connectivity index is 1.65. The van der Waals surface area contributed by atoms with Gasteiger partial charge in [-0.2, -0.15) is 18.3 Å². The predicted octanol–water partition coefficient (Wildman–Crippen LogP) is 3.82. The van der Waals surface area contributed by atoms with E-state index in [1.54, 1.807) is 0 Å². The zero-order valence-corrected chi connectivity index (χ0v) is 17.2. The first kappa shape index (κ1) is 22.4. The van der Waals surface area contributed by atoms with Crippen molar-refractivity contribution in [2.75, 3.05) is 30.4 Å². The second kappa shape index (κ2) is 8.64. The van der Waals surface area contributed by atoms with Crippen molar-refractivity contribution in [2.45, 2.75) is 19.0 Å². The third-order valence-corrected chi connectivity index (χ3v) is 5.03. The molecule has 2 aromatic heterocycles. The molecule has 1 fully saturated rings. The number of hydrogen-bond acceptors (Lipinski definition) is 6. The van der Waals surface area contributed by atoms with E-state index >= 15 is 0 Å². The van der Waals surface area contributed by atoms with Crippen LogP contribution in [-0.4, -0.2) is 46.1 Å². The van der Waals surface area contributed by atoms with Gasteiger partial charge in [0.1, 0.15) is 5.69 Å². The molecule has 1 aromatic carbocycles. The van der Waals surface area contributed by atoms with Gasteiger partial charge in [0.15, 0.2) is 23.1 Å². The molecule has 1 aliphatic rings. The lowest BCUT2D eigenvalue weighted by molar-refractivity contribution is -0.143. The fourth-order valence-electron chi connectivity index (χ4n) is 3.57. The molecule has 0 radical (unpaired) electrons. The van der Waals surface area contributed by atoms with Crippen LogP contribution in [0.3, 0.4) is 0 Å². The maximum Gasteiger partial charge on any atom is 0.434 e. The molecular weight excluding hydrogens is 451 g/mol. The van der Waals surface area contributed by atoms with Crippen molar-refractivity contribution in [3.05, 3.63) is 53.4 Å². The first-order valence-electron chi connectivity index (χ1n) is 9.77. The summed E-state index contributed by atoms with van der Waals surface area (Å²) < 4.78 is 75.6. The summed E-state index contributed by atoms with van der Waals surface area (Å²) in [5, 5.41) is 12.9. The number of carbonyl (C=O) groups is 1. The van der Waals surface area contributed by atoms with Crippen LogP contribution < -0.4 is 15.0 Å². The van der Waals surface area contributed by atoms with Crippen LogP contribution in [0.2, 0.25) is 0 Å². The Morgan fingerprint density at radius 3 is 2.30 bits per heavy atom. The Labute approximate surface area is 184 Å². The number of methoxy groups -OCH3 is 1.